The van der Waals surface area contributed by atoms with Crippen molar-refractivity contribution < 1.29 is 37.5 Å². The number of hydrogen-bond acceptors (Lipinski definition) is 7. The van der Waals surface area contributed by atoms with E-state index in [1.54, 1.807) is 27.0 Å². The molecule has 0 saturated carbocycles. The molecule has 3 amide bonds. The Bertz CT molecular complexity index is 1820. The molecule has 0 radical (unpaired) electrons. The smallest absolute Gasteiger partial charge is 0.339 e. The van der Waals surface area contributed by atoms with Crippen LogP contribution in [0.2, 0.25) is 0 Å². The highest BCUT2D eigenvalue weighted by molar-refractivity contribution is 7.52. The number of benzene rings is 2. The van der Waals surface area contributed by atoms with Gasteiger partial charge in [0.2, 0.25) is 11.8 Å². The lowest BCUT2D eigenvalue weighted by atomic mass is 9.84. The number of aromatic nitrogens is 1. The molecule has 2 atom stereocenters. The topological polar surface area (TPSA) is 149 Å². The van der Waals surface area contributed by atoms with Crippen molar-refractivity contribution >= 4 is 63.2 Å². The lowest BCUT2D eigenvalue weighted by molar-refractivity contribution is -0.144. The molecular formula is C31H33F2N4O6PS2. The molecule has 1 aliphatic heterocycles. The van der Waals surface area contributed by atoms with E-state index in [0.29, 0.717) is 29.2 Å². The summed E-state index contributed by atoms with van der Waals surface area (Å²) in [5, 5.41) is 6.26. The summed E-state index contributed by atoms with van der Waals surface area (Å²) in [6.45, 7) is 5.69. The van der Waals surface area contributed by atoms with E-state index >= 15 is 0 Å². The number of fused-ring (bicyclic) bond motifs is 1. The number of anilines is 1. The third-order valence-electron chi connectivity index (χ3n) is 7.72. The number of amides is 3. The summed E-state index contributed by atoms with van der Waals surface area (Å²) >= 11 is 2.32. The molecule has 4 aromatic rings. The van der Waals surface area contributed by atoms with Gasteiger partial charge in [-0.25, -0.2) is 4.98 Å². The van der Waals surface area contributed by atoms with E-state index in [-0.39, 0.29) is 16.2 Å². The zero-order valence-corrected chi connectivity index (χ0v) is 27.7. The number of likely N-dealkylation sites (tertiary alicyclic amines) is 1. The van der Waals surface area contributed by atoms with E-state index in [4.69, 9.17) is 9.79 Å². The molecule has 3 heterocycles. The van der Waals surface area contributed by atoms with Gasteiger partial charge in [0.25, 0.3) is 5.91 Å². The van der Waals surface area contributed by atoms with Crippen LogP contribution in [0.3, 0.4) is 0 Å². The van der Waals surface area contributed by atoms with Gasteiger partial charge in [-0.1, -0.05) is 68.5 Å². The first kappa shape index (κ1) is 33.8. The minimum Gasteiger partial charge on any atom is -0.339 e. The highest BCUT2D eigenvalue weighted by Gasteiger charge is 2.50. The molecule has 1 aliphatic rings. The summed E-state index contributed by atoms with van der Waals surface area (Å²) in [5.74, 6) is -1.41. The zero-order valence-electron chi connectivity index (χ0n) is 25.2. The van der Waals surface area contributed by atoms with E-state index in [2.05, 4.69) is 15.6 Å². The molecule has 2 aromatic carbocycles. The Morgan fingerprint density at radius 3 is 2.43 bits per heavy atom. The number of alkyl halides is 2. The van der Waals surface area contributed by atoms with Gasteiger partial charge >= 0.3 is 13.3 Å². The third kappa shape index (κ3) is 7.06. The average molecular weight is 691 g/mol. The van der Waals surface area contributed by atoms with Crippen LogP contribution in [-0.4, -0.2) is 56.0 Å². The minimum absolute atomic E-state index is 0.125. The number of carbonyl (C=O) groups is 3. The Morgan fingerprint density at radius 1 is 1.04 bits per heavy atom. The second-order valence-electron chi connectivity index (χ2n) is 12.1. The molecule has 0 spiro atoms. The highest BCUT2D eigenvalue weighted by atomic mass is 32.1. The van der Waals surface area contributed by atoms with Crippen molar-refractivity contribution in [3.05, 3.63) is 71.2 Å². The molecule has 10 nitrogen and oxygen atoms in total. The van der Waals surface area contributed by atoms with Gasteiger partial charge in [-0.3, -0.25) is 18.9 Å². The summed E-state index contributed by atoms with van der Waals surface area (Å²) in [6.07, 6.45) is 3.56. The standard InChI is InChI=1S/C31H33F2N4O6PS2/c1-30(2,3)25(35-27(39)23-16-19-15-20(12-13-22(19)45-23)31(32,33)44(41,42)43)28(40)37-14-8-7-11-21(37)26(38)36-29-34-17-24(46-29)18-9-5-4-6-10-18/h4-6,9-10,12-13,15-17,21,25H,7-8,11,14H2,1-3H3,(H,35,39)(H,34,36,38)(H2,41,42,43)/t21-,25?/m0/s1. The number of nitrogens with one attached hydrogen (secondary N) is 2. The fourth-order valence-electron chi connectivity index (χ4n) is 5.25. The van der Waals surface area contributed by atoms with Crippen LogP contribution in [0.1, 0.15) is 55.3 Å². The van der Waals surface area contributed by atoms with Crippen LogP contribution >= 0.6 is 30.3 Å². The number of carbonyl (C=O) groups excluding carboxylic acids is 3. The third-order valence-corrected chi connectivity index (χ3v) is 10.8. The van der Waals surface area contributed by atoms with Crippen LogP contribution in [0, 0.1) is 5.41 Å². The van der Waals surface area contributed by atoms with Crippen LogP contribution in [0.4, 0.5) is 13.9 Å². The monoisotopic (exact) mass is 690 g/mol. The van der Waals surface area contributed by atoms with Crippen LogP contribution in [0.5, 0.6) is 0 Å². The number of thiazole rings is 1. The summed E-state index contributed by atoms with van der Waals surface area (Å²) in [6, 6.07) is 12.3. The van der Waals surface area contributed by atoms with E-state index in [1.807, 2.05) is 30.3 Å². The van der Waals surface area contributed by atoms with Crippen molar-refractivity contribution in [1.29, 1.82) is 0 Å². The second-order valence-corrected chi connectivity index (χ2v) is 15.9. The maximum Gasteiger partial charge on any atom is 0.399 e. The molecular weight excluding hydrogens is 657 g/mol. The molecule has 1 fully saturated rings. The quantitative estimate of drug-likeness (QED) is 0.156. The molecule has 4 N–H and O–H groups in total. The summed E-state index contributed by atoms with van der Waals surface area (Å²) < 4.78 is 40.4. The molecule has 1 unspecified atom stereocenters. The SMILES string of the molecule is CC(C)(C)C(NC(=O)c1cc2cc(C(F)(F)P(=O)(O)O)ccc2s1)C(=O)N1CCCC[C@H]1C(=O)Nc1ncc(-c2ccccc2)s1. The fraction of sp³-hybridized carbons (Fsp3) is 0.355. The van der Waals surface area contributed by atoms with Gasteiger partial charge in [-0.2, -0.15) is 8.78 Å². The second kappa shape index (κ2) is 12.9. The molecule has 1 saturated heterocycles. The Morgan fingerprint density at radius 2 is 1.76 bits per heavy atom. The van der Waals surface area contributed by atoms with Gasteiger partial charge in [0.1, 0.15) is 12.1 Å². The maximum absolute atomic E-state index is 14.3. The molecule has 15 heteroatoms. The molecule has 0 bridgehead atoms. The first-order valence-corrected chi connectivity index (χ1v) is 17.7. The molecule has 46 heavy (non-hydrogen) atoms. The largest absolute Gasteiger partial charge is 0.399 e. The first-order valence-electron chi connectivity index (χ1n) is 14.5. The number of rotatable bonds is 8. The Balaban J connectivity index is 1.33. The van der Waals surface area contributed by atoms with Crippen molar-refractivity contribution in [3.8, 4) is 10.4 Å². The number of nitrogens with zero attached hydrogens (tertiary/aromatic N) is 2. The Labute approximate surface area is 272 Å². The predicted octanol–water partition coefficient (Wildman–Crippen LogP) is 6.42. The molecule has 5 rings (SSSR count). The van der Waals surface area contributed by atoms with Crippen LogP contribution in [0.15, 0.2) is 60.8 Å². The van der Waals surface area contributed by atoms with Gasteiger partial charge < -0.3 is 25.3 Å². The normalized spacial score (nSPS) is 16.7. The number of thiophene rings is 1. The lowest BCUT2D eigenvalue weighted by Crippen LogP contribution is -2.59. The summed E-state index contributed by atoms with van der Waals surface area (Å²) in [7, 11) is -5.77. The van der Waals surface area contributed by atoms with Crippen LogP contribution < -0.4 is 10.6 Å². The van der Waals surface area contributed by atoms with Gasteiger partial charge in [-0.05, 0) is 53.8 Å². The van der Waals surface area contributed by atoms with Crippen molar-refractivity contribution in [2.75, 3.05) is 11.9 Å². The Kier molecular flexibility index (Phi) is 9.49. The average Bonchev–Trinajstić information content (AvgIpc) is 3.66. The summed E-state index contributed by atoms with van der Waals surface area (Å²) in [4.78, 5) is 66.0. The van der Waals surface area contributed by atoms with Gasteiger partial charge in [0.05, 0.1) is 9.75 Å². The molecule has 2 aromatic heterocycles. The van der Waals surface area contributed by atoms with E-state index in [9.17, 15) is 27.7 Å². The lowest BCUT2D eigenvalue weighted by Gasteiger charge is -2.40. The van der Waals surface area contributed by atoms with Crippen molar-refractivity contribution in [3.63, 3.8) is 0 Å². The minimum atomic E-state index is -5.77. The van der Waals surface area contributed by atoms with Crippen molar-refractivity contribution in [2.45, 2.75) is 57.8 Å². The molecule has 244 valence electrons. The van der Waals surface area contributed by atoms with Gasteiger partial charge in [-0.15, -0.1) is 11.3 Å². The van der Waals surface area contributed by atoms with Crippen molar-refractivity contribution in [1.82, 2.24) is 15.2 Å². The predicted molar refractivity (Wildman–Crippen MR) is 174 cm³/mol. The van der Waals surface area contributed by atoms with E-state index in [1.165, 1.54) is 28.4 Å². The zero-order chi connectivity index (χ0) is 33.4. The van der Waals surface area contributed by atoms with Gasteiger partial charge in [0.15, 0.2) is 5.13 Å². The van der Waals surface area contributed by atoms with Crippen LogP contribution in [0.25, 0.3) is 20.5 Å². The fourth-order valence-corrected chi connectivity index (χ4v) is 7.50. The van der Waals surface area contributed by atoms with Crippen LogP contribution in [-0.2, 0) is 19.8 Å². The number of hydrogen-bond donors (Lipinski definition) is 4. The highest BCUT2D eigenvalue weighted by Crippen LogP contribution is 2.59. The van der Waals surface area contributed by atoms with Crippen molar-refractivity contribution in [2.24, 2.45) is 5.41 Å². The van der Waals surface area contributed by atoms with E-state index < -0.39 is 48.1 Å². The number of piperidine rings is 1. The first-order chi connectivity index (χ1) is 21.6. The Hall–Kier alpha value is -3.55. The summed E-state index contributed by atoms with van der Waals surface area (Å²) in [5.41, 5.74) is -5.06. The van der Waals surface area contributed by atoms with Gasteiger partial charge in [0, 0.05) is 23.0 Å². The maximum atomic E-state index is 14.3. The molecule has 0 aliphatic carbocycles. The van der Waals surface area contributed by atoms with E-state index in [0.717, 1.165) is 40.3 Å². The number of halogens is 2.